The van der Waals surface area contributed by atoms with Gasteiger partial charge in [0.1, 0.15) is 17.7 Å². The van der Waals surface area contributed by atoms with Crippen LogP contribution < -0.4 is 0 Å². The van der Waals surface area contributed by atoms with E-state index < -0.39 is 0 Å². The number of nitriles is 2. The van der Waals surface area contributed by atoms with Crippen LogP contribution in [-0.4, -0.2) is 0 Å². The molecule has 1 aromatic carbocycles. The molecule has 0 aliphatic heterocycles. The molecule has 0 aliphatic carbocycles. The minimum Gasteiger partial charge on any atom is -0.192 e. The molecule has 0 atom stereocenters. The molecule has 0 saturated carbocycles. The highest BCUT2D eigenvalue weighted by molar-refractivity contribution is 5.31. The first-order valence-electron chi connectivity index (χ1n) is 3.71. The Bertz CT molecular complexity index is 323. The van der Waals surface area contributed by atoms with Crippen LogP contribution in [0.25, 0.3) is 0 Å². The van der Waals surface area contributed by atoms with E-state index in [1.807, 2.05) is 18.2 Å². The lowest BCUT2D eigenvalue weighted by atomic mass is 10.2. The predicted octanol–water partition coefficient (Wildman–Crippen LogP) is 2.58. The van der Waals surface area contributed by atoms with Gasteiger partial charge in [0.2, 0.25) is 0 Å². The van der Waals surface area contributed by atoms with E-state index in [2.05, 4.69) is 25.6 Å². The zero-order valence-electron chi connectivity index (χ0n) is 7.49. The predicted molar refractivity (Wildman–Crippen MR) is 51.5 cm³/mol. The van der Waals surface area contributed by atoms with Crippen molar-refractivity contribution in [3.63, 3.8) is 0 Å². The van der Waals surface area contributed by atoms with E-state index in [0.29, 0.717) is 0 Å². The lowest BCUT2D eigenvalue weighted by Gasteiger charge is -1.82. The highest BCUT2D eigenvalue weighted by Gasteiger charge is 1.76. The smallest absolute Gasteiger partial charge is 0.122 e. The molecule has 0 radical (unpaired) electrons. The topological polar surface area (TPSA) is 47.6 Å². The summed E-state index contributed by atoms with van der Waals surface area (Å²) in [6.45, 7) is 5.15. The van der Waals surface area contributed by atoms with Crippen LogP contribution in [0.2, 0.25) is 0 Å². The zero-order chi connectivity index (χ0) is 10.1. The van der Waals surface area contributed by atoms with Crippen molar-refractivity contribution in [1.82, 2.24) is 0 Å². The van der Waals surface area contributed by atoms with Crippen LogP contribution in [0.4, 0.5) is 0 Å². The maximum absolute atomic E-state index is 7.76. The number of rotatable bonds is 0. The van der Waals surface area contributed by atoms with Crippen LogP contribution in [0.15, 0.2) is 42.5 Å². The number of aryl methyl sites for hydroxylation is 1. The van der Waals surface area contributed by atoms with Gasteiger partial charge in [-0.15, -0.1) is 0 Å². The van der Waals surface area contributed by atoms with Crippen molar-refractivity contribution in [3.8, 4) is 12.1 Å². The van der Waals surface area contributed by atoms with Crippen LogP contribution in [0.3, 0.4) is 0 Å². The third kappa shape index (κ3) is 6.34. The summed E-state index contributed by atoms with van der Waals surface area (Å²) in [6.07, 6.45) is 0. The Kier molecular flexibility index (Phi) is 5.59. The fourth-order valence-corrected chi connectivity index (χ4v) is 0.559. The Balaban J connectivity index is 0.000000226. The molecule has 0 spiro atoms. The zero-order valence-corrected chi connectivity index (χ0v) is 7.49. The van der Waals surface area contributed by atoms with Gasteiger partial charge in [-0.1, -0.05) is 42.5 Å². The first-order valence-corrected chi connectivity index (χ1v) is 3.71. The molecule has 0 fully saturated rings. The summed E-state index contributed by atoms with van der Waals surface area (Å²) >= 11 is 0. The second kappa shape index (κ2) is 6.64. The minimum atomic E-state index is -0.0463. The molecular weight excluding hydrogens is 160 g/mol. The van der Waals surface area contributed by atoms with Crippen molar-refractivity contribution in [2.75, 3.05) is 0 Å². The number of benzene rings is 1. The van der Waals surface area contributed by atoms with Crippen molar-refractivity contribution < 1.29 is 0 Å². The van der Waals surface area contributed by atoms with Gasteiger partial charge in [-0.05, 0) is 6.92 Å². The van der Waals surface area contributed by atoms with Gasteiger partial charge in [-0.2, -0.15) is 10.5 Å². The Morgan fingerprint density at radius 3 is 1.77 bits per heavy atom. The van der Waals surface area contributed by atoms with Crippen LogP contribution in [0.5, 0.6) is 0 Å². The van der Waals surface area contributed by atoms with E-state index in [-0.39, 0.29) is 5.57 Å². The van der Waals surface area contributed by atoms with E-state index in [4.69, 9.17) is 10.5 Å². The van der Waals surface area contributed by atoms with Crippen LogP contribution >= 0.6 is 0 Å². The number of hydrogen-bond donors (Lipinski definition) is 0. The SMILES string of the molecule is C=C(C#N)C#N.Cc1ccccc1. The number of allylic oxidation sites excluding steroid dienone is 1. The molecule has 0 heterocycles. The van der Waals surface area contributed by atoms with Crippen LogP contribution in [0, 0.1) is 29.6 Å². The molecular formula is C11H10N2. The van der Waals surface area contributed by atoms with Gasteiger partial charge in [-0.3, -0.25) is 0 Å². The molecule has 1 rings (SSSR count). The van der Waals surface area contributed by atoms with Crippen LogP contribution in [-0.2, 0) is 0 Å². The van der Waals surface area contributed by atoms with Crippen LogP contribution in [0.1, 0.15) is 5.56 Å². The molecule has 2 heteroatoms. The monoisotopic (exact) mass is 170 g/mol. The molecule has 0 N–H and O–H groups in total. The second-order valence-corrected chi connectivity index (χ2v) is 2.36. The van der Waals surface area contributed by atoms with Gasteiger partial charge in [0.25, 0.3) is 0 Å². The summed E-state index contributed by atoms with van der Waals surface area (Å²) in [6, 6.07) is 13.4. The molecule has 0 aromatic heterocycles. The van der Waals surface area contributed by atoms with E-state index >= 15 is 0 Å². The van der Waals surface area contributed by atoms with Gasteiger partial charge in [0.05, 0.1) is 0 Å². The quantitative estimate of drug-likeness (QED) is 0.562. The van der Waals surface area contributed by atoms with Crippen molar-refractivity contribution in [2.24, 2.45) is 0 Å². The van der Waals surface area contributed by atoms with E-state index in [9.17, 15) is 0 Å². The summed E-state index contributed by atoms with van der Waals surface area (Å²) in [4.78, 5) is 0. The largest absolute Gasteiger partial charge is 0.192 e. The third-order valence-electron chi connectivity index (χ3n) is 1.21. The molecule has 0 unspecified atom stereocenters. The minimum absolute atomic E-state index is 0.0463. The van der Waals surface area contributed by atoms with E-state index in [0.717, 1.165) is 0 Å². The van der Waals surface area contributed by atoms with Gasteiger partial charge in [-0.25, -0.2) is 0 Å². The van der Waals surface area contributed by atoms with Gasteiger partial charge in [0, 0.05) is 0 Å². The molecule has 0 saturated heterocycles. The first-order chi connectivity index (χ1) is 6.20. The fraction of sp³-hybridized carbons (Fsp3) is 0.0909. The Morgan fingerprint density at radius 2 is 1.62 bits per heavy atom. The molecule has 1 aromatic rings. The Morgan fingerprint density at radius 1 is 1.15 bits per heavy atom. The fourth-order valence-electron chi connectivity index (χ4n) is 0.559. The molecule has 13 heavy (non-hydrogen) atoms. The first kappa shape index (κ1) is 10.9. The van der Waals surface area contributed by atoms with Gasteiger partial charge < -0.3 is 0 Å². The molecule has 64 valence electrons. The third-order valence-corrected chi connectivity index (χ3v) is 1.21. The Labute approximate surface area is 78.4 Å². The van der Waals surface area contributed by atoms with E-state index in [1.165, 1.54) is 5.56 Å². The maximum Gasteiger partial charge on any atom is 0.122 e. The summed E-state index contributed by atoms with van der Waals surface area (Å²) < 4.78 is 0. The highest BCUT2D eigenvalue weighted by atomic mass is 14.3. The number of nitrogens with zero attached hydrogens (tertiary/aromatic N) is 2. The van der Waals surface area contributed by atoms with Crippen molar-refractivity contribution >= 4 is 0 Å². The summed E-state index contributed by atoms with van der Waals surface area (Å²) in [5.41, 5.74) is 1.28. The lowest BCUT2D eigenvalue weighted by molar-refractivity contribution is 1.47. The van der Waals surface area contributed by atoms with Crippen molar-refractivity contribution in [1.29, 1.82) is 10.5 Å². The molecule has 0 amide bonds. The highest BCUT2D eigenvalue weighted by Crippen LogP contribution is 1.92. The average molecular weight is 170 g/mol. The van der Waals surface area contributed by atoms with Crippen molar-refractivity contribution in [2.45, 2.75) is 6.92 Å². The average Bonchev–Trinajstić information content (AvgIpc) is 2.19. The summed E-state index contributed by atoms with van der Waals surface area (Å²) in [5, 5.41) is 15.5. The lowest BCUT2D eigenvalue weighted by Crippen LogP contribution is -1.62. The standard InChI is InChI=1S/C7H8.C4H2N2/c1-7-5-3-2-4-6-7;1-4(2-5)3-6/h2-6H,1H3;1H2. The molecule has 2 nitrogen and oxygen atoms in total. The number of hydrogen-bond acceptors (Lipinski definition) is 2. The van der Waals surface area contributed by atoms with E-state index in [1.54, 1.807) is 12.1 Å². The second-order valence-electron chi connectivity index (χ2n) is 2.36. The normalized spacial score (nSPS) is 7.00. The maximum atomic E-state index is 7.76. The molecule has 0 aliphatic rings. The summed E-state index contributed by atoms with van der Waals surface area (Å²) in [5.74, 6) is 0. The Hall–Kier alpha value is -2.06. The van der Waals surface area contributed by atoms with Gasteiger partial charge >= 0.3 is 0 Å². The van der Waals surface area contributed by atoms with Crippen molar-refractivity contribution in [3.05, 3.63) is 48.0 Å². The van der Waals surface area contributed by atoms with Gasteiger partial charge in [0.15, 0.2) is 0 Å². The summed E-state index contributed by atoms with van der Waals surface area (Å²) in [7, 11) is 0. The molecule has 0 bridgehead atoms.